The van der Waals surface area contributed by atoms with Gasteiger partial charge in [0.15, 0.2) is 0 Å². The number of hydrogen-bond acceptors (Lipinski definition) is 3. The first-order chi connectivity index (χ1) is 14.1. The van der Waals surface area contributed by atoms with Crippen LogP contribution >= 0.6 is 12.4 Å². The number of nitrogens with zero attached hydrogens (tertiary/aromatic N) is 1. The van der Waals surface area contributed by atoms with Crippen LogP contribution in [-0.4, -0.2) is 42.9 Å². The van der Waals surface area contributed by atoms with Crippen LogP contribution in [0.3, 0.4) is 0 Å². The predicted molar refractivity (Wildman–Crippen MR) is 127 cm³/mol. The fourth-order valence-electron chi connectivity index (χ4n) is 4.33. The van der Waals surface area contributed by atoms with Crippen molar-refractivity contribution in [1.29, 1.82) is 0 Å². The molecule has 166 valence electrons. The Hall–Kier alpha value is -1.39. The second-order valence-electron chi connectivity index (χ2n) is 8.81. The summed E-state index contributed by atoms with van der Waals surface area (Å²) in [5, 5.41) is 12.2. The Morgan fingerprint density at radius 1 is 0.900 bits per heavy atom. The van der Waals surface area contributed by atoms with E-state index in [0.29, 0.717) is 12.5 Å². The molecule has 1 unspecified atom stereocenters. The second kappa shape index (κ2) is 12.5. The molecule has 3 rings (SSSR count). The largest absolute Gasteiger partial charge is 0.381 e. The minimum absolute atomic E-state index is 0. The van der Waals surface area contributed by atoms with Crippen LogP contribution < -0.4 is 0 Å². The summed E-state index contributed by atoms with van der Waals surface area (Å²) in [6, 6.07) is 20.3. The van der Waals surface area contributed by atoms with E-state index < -0.39 is 5.60 Å². The highest BCUT2D eigenvalue weighted by Gasteiger charge is 2.41. The third-order valence-corrected chi connectivity index (χ3v) is 6.10. The van der Waals surface area contributed by atoms with Crippen LogP contribution in [0.5, 0.6) is 0 Å². The summed E-state index contributed by atoms with van der Waals surface area (Å²) in [5.41, 5.74) is 0.818. The predicted octanol–water partition coefficient (Wildman–Crippen LogP) is 5.51. The number of rotatable bonds is 10. The first kappa shape index (κ1) is 24.9. The van der Waals surface area contributed by atoms with Crippen molar-refractivity contribution in [2.24, 2.45) is 11.8 Å². The Labute approximate surface area is 188 Å². The van der Waals surface area contributed by atoms with E-state index in [1.165, 1.54) is 19.3 Å². The first-order valence-corrected chi connectivity index (χ1v) is 11.2. The topological polar surface area (TPSA) is 32.7 Å². The molecule has 1 aliphatic rings. The molecule has 0 bridgehead atoms. The zero-order valence-corrected chi connectivity index (χ0v) is 19.3. The molecule has 1 heterocycles. The first-order valence-electron chi connectivity index (χ1n) is 11.2. The summed E-state index contributed by atoms with van der Waals surface area (Å²) >= 11 is 0. The minimum Gasteiger partial charge on any atom is -0.381 e. The normalized spacial score (nSPS) is 16.3. The summed E-state index contributed by atoms with van der Waals surface area (Å²) < 4.78 is 6.15. The van der Waals surface area contributed by atoms with Gasteiger partial charge in [-0.3, -0.25) is 0 Å². The van der Waals surface area contributed by atoms with E-state index in [4.69, 9.17) is 4.74 Å². The number of ether oxygens (including phenoxy) is 1. The molecular formula is C26H38ClNO2. The van der Waals surface area contributed by atoms with Gasteiger partial charge in [0.25, 0.3) is 0 Å². The fourth-order valence-corrected chi connectivity index (χ4v) is 4.33. The van der Waals surface area contributed by atoms with Crippen LogP contribution in [0, 0.1) is 11.8 Å². The molecule has 0 radical (unpaired) electrons. The third-order valence-electron chi connectivity index (χ3n) is 6.10. The summed E-state index contributed by atoms with van der Waals surface area (Å²) in [6.07, 6.45) is 4.85. The molecule has 2 aromatic rings. The molecule has 1 saturated heterocycles. The molecule has 0 saturated carbocycles. The van der Waals surface area contributed by atoms with Crippen molar-refractivity contribution in [1.82, 2.24) is 4.90 Å². The molecule has 1 aliphatic heterocycles. The third kappa shape index (κ3) is 6.55. The van der Waals surface area contributed by atoms with Gasteiger partial charge in [0.05, 0.1) is 6.61 Å². The molecule has 2 aromatic carbocycles. The lowest BCUT2D eigenvalue weighted by Crippen LogP contribution is -2.47. The highest BCUT2D eigenvalue weighted by molar-refractivity contribution is 5.85. The van der Waals surface area contributed by atoms with Gasteiger partial charge in [0, 0.05) is 19.1 Å². The van der Waals surface area contributed by atoms with E-state index in [-0.39, 0.29) is 18.3 Å². The van der Waals surface area contributed by atoms with Gasteiger partial charge in [0.1, 0.15) is 5.60 Å². The number of aliphatic hydroxyl groups is 1. The van der Waals surface area contributed by atoms with E-state index in [1.54, 1.807) is 0 Å². The Bertz CT molecular complexity index is 662. The minimum atomic E-state index is -1.07. The molecule has 3 nitrogen and oxygen atoms in total. The maximum absolute atomic E-state index is 12.2. The van der Waals surface area contributed by atoms with Crippen molar-refractivity contribution in [2.75, 3.05) is 32.8 Å². The van der Waals surface area contributed by atoms with Gasteiger partial charge in [-0.05, 0) is 49.4 Å². The van der Waals surface area contributed by atoms with Gasteiger partial charge in [-0.25, -0.2) is 0 Å². The summed E-state index contributed by atoms with van der Waals surface area (Å²) in [6.45, 7) is 8.82. The van der Waals surface area contributed by atoms with Gasteiger partial charge in [-0.15, -0.1) is 12.4 Å². The molecule has 0 amide bonds. The molecule has 1 atom stereocenters. The number of halogens is 1. The van der Waals surface area contributed by atoms with Gasteiger partial charge < -0.3 is 14.7 Å². The van der Waals surface area contributed by atoms with Crippen molar-refractivity contribution in [2.45, 2.75) is 45.1 Å². The zero-order valence-electron chi connectivity index (χ0n) is 18.5. The molecule has 0 spiro atoms. The Kier molecular flexibility index (Phi) is 10.3. The summed E-state index contributed by atoms with van der Waals surface area (Å²) in [5.74, 6) is 0.593. The Balaban J connectivity index is 0.00000320. The number of likely N-dealkylation sites (tertiary alicyclic amines) is 1. The van der Waals surface area contributed by atoms with Crippen molar-refractivity contribution in [3.63, 3.8) is 0 Å². The smallest absolute Gasteiger partial charge is 0.121 e. The van der Waals surface area contributed by atoms with Gasteiger partial charge in [-0.1, -0.05) is 80.9 Å². The van der Waals surface area contributed by atoms with Crippen LogP contribution in [0.1, 0.15) is 50.7 Å². The summed E-state index contributed by atoms with van der Waals surface area (Å²) in [7, 11) is 0. The Morgan fingerprint density at radius 3 is 1.93 bits per heavy atom. The molecule has 1 N–H and O–H groups in total. The van der Waals surface area contributed by atoms with Gasteiger partial charge in [-0.2, -0.15) is 0 Å². The van der Waals surface area contributed by atoms with Gasteiger partial charge in [0.2, 0.25) is 0 Å². The average molecular weight is 432 g/mol. The van der Waals surface area contributed by atoms with E-state index in [2.05, 4.69) is 18.7 Å². The van der Waals surface area contributed by atoms with Crippen molar-refractivity contribution in [3.05, 3.63) is 71.8 Å². The van der Waals surface area contributed by atoms with E-state index in [0.717, 1.165) is 43.8 Å². The standard InChI is InChI=1S/C26H37NO2.ClH/c1-22(2)16-19-29-21-25(20-27-17-10-5-11-18-27)26(28,23-12-6-3-7-13-23)24-14-8-4-9-15-24;/h3-4,6-9,12-15,22,25,28H,5,10-11,16-21H2,1-2H3;1H. The lowest BCUT2D eigenvalue weighted by Gasteiger charge is -2.40. The maximum atomic E-state index is 12.2. The monoisotopic (exact) mass is 431 g/mol. The number of hydrogen-bond donors (Lipinski definition) is 1. The molecule has 0 aliphatic carbocycles. The molecular weight excluding hydrogens is 394 g/mol. The van der Waals surface area contributed by atoms with Crippen molar-refractivity contribution < 1.29 is 9.84 Å². The highest BCUT2D eigenvalue weighted by Crippen LogP contribution is 2.38. The quantitative estimate of drug-likeness (QED) is 0.503. The lowest BCUT2D eigenvalue weighted by molar-refractivity contribution is -0.0468. The van der Waals surface area contributed by atoms with Crippen LogP contribution in [-0.2, 0) is 10.3 Å². The van der Waals surface area contributed by atoms with Crippen molar-refractivity contribution >= 4 is 12.4 Å². The number of piperidine rings is 1. The average Bonchev–Trinajstić information content (AvgIpc) is 2.77. The van der Waals surface area contributed by atoms with E-state index in [9.17, 15) is 5.11 Å². The van der Waals surface area contributed by atoms with Crippen LogP contribution in [0.2, 0.25) is 0 Å². The SMILES string of the molecule is CC(C)CCOCC(CN1CCCCC1)C(O)(c1ccccc1)c1ccccc1.Cl. The second-order valence-corrected chi connectivity index (χ2v) is 8.81. The lowest BCUT2D eigenvalue weighted by atomic mass is 9.76. The van der Waals surface area contributed by atoms with Crippen LogP contribution in [0.15, 0.2) is 60.7 Å². The molecule has 0 aromatic heterocycles. The number of benzene rings is 2. The fraction of sp³-hybridized carbons (Fsp3) is 0.538. The van der Waals surface area contributed by atoms with E-state index in [1.807, 2.05) is 60.7 Å². The maximum Gasteiger partial charge on any atom is 0.121 e. The van der Waals surface area contributed by atoms with Crippen molar-refractivity contribution in [3.8, 4) is 0 Å². The molecule has 30 heavy (non-hydrogen) atoms. The molecule has 4 heteroatoms. The zero-order chi connectivity index (χ0) is 20.5. The van der Waals surface area contributed by atoms with Gasteiger partial charge >= 0.3 is 0 Å². The Morgan fingerprint density at radius 2 is 1.43 bits per heavy atom. The highest BCUT2D eigenvalue weighted by atomic mass is 35.5. The van der Waals surface area contributed by atoms with Crippen LogP contribution in [0.25, 0.3) is 0 Å². The van der Waals surface area contributed by atoms with E-state index >= 15 is 0 Å². The molecule has 1 fully saturated rings. The van der Waals surface area contributed by atoms with Crippen LogP contribution in [0.4, 0.5) is 0 Å². The summed E-state index contributed by atoms with van der Waals surface area (Å²) in [4.78, 5) is 2.51.